The number of nitrogens with zero attached hydrogens (tertiary/aromatic N) is 1. The largest absolute Gasteiger partial charge is 1.00 e. The first-order chi connectivity index (χ1) is 9.84. The molecule has 0 aliphatic carbocycles. The molecule has 0 spiro atoms. The van der Waals surface area contributed by atoms with E-state index in [1.165, 1.54) is 21.5 Å². The van der Waals surface area contributed by atoms with Crippen molar-refractivity contribution >= 4 is 38.6 Å². The van der Waals surface area contributed by atoms with Crippen LogP contribution in [0.3, 0.4) is 0 Å². The standard InChI is InChI=1S/C17H13BrNS.BrH/c18-17-16(13-7-2-1-3-8-13)19-14-9-5-4-6-12(14)10-11-15(19)20-17;/h1-11,16-17H;1H/q+1;/p-1. The van der Waals surface area contributed by atoms with Crippen molar-refractivity contribution in [3.63, 3.8) is 0 Å². The molecular weight excluding hydrogens is 410 g/mol. The number of pyridine rings is 1. The van der Waals surface area contributed by atoms with E-state index in [9.17, 15) is 0 Å². The monoisotopic (exact) mass is 421 g/mol. The number of rotatable bonds is 1. The summed E-state index contributed by atoms with van der Waals surface area (Å²) in [5.74, 6) is 0. The van der Waals surface area contributed by atoms with E-state index in [0.29, 0.717) is 10.2 Å². The van der Waals surface area contributed by atoms with Crippen LogP contribution in [-0.4, -0.2) is 4.16 Å². The molecule has 0 amide bonds. The lowest BCUT2D eigenvalue weighted by Gasteiger charge is -2.11. The van der Waals surface area contributed by atoms with Crippen molar-refractivity contribution in [2.45, 2.75) is 15.2 Å². The maximum Gasteiger partial charge on any atom is 0.242 e. The zero-order valence-electron chi connectivity index (χ0n) is 11.1. The smallest absolute Gasteiger partial charge is 0.242 e. The number of hydrogen-bond donors (Lipinski definition) is 0. The molecule has 2 unspecified atom stereocenters. The summed E-state index contributed by atoms with van der Waals surface area (Å²) in [5.41, 5.74) is 2.65. The molecule has 2 heterocycles. The summed E-state index contributed by atoms with van der Waals surface area (Å²) in [5, 5.41) is 2.61. The van der Waals surface area contributed by atoms with Gasteiger partial charge in [0.25, 0.3) is 0 Å². The Labute approximate surface area is 147 Å². The van der Waals surface area contributed by atoms with Crippen molar-refractivity contribution in [2.75, 3.05) is 0 Å². The van der Waals surface area contributed by atoms with E-state index in [1.807, 2.05) is 11.8 Å². The molecule has 0 saturated carbocycles. The third-order valence-corrected chi connectivity index (χ3v) is 5.86. The quantitative estimate of drug-likeness (QED) is 0.425. The molecule has 0 N–H and O–H groups in total. The van der Waals surface area contributed by atoms with E-state index in [-0.39, 0.29) is 17.0 Å². The van der Waals surface area contributed by atoms with Gasteiger partial charge in [0.05, 0.1) is 0 Å². The molecule has 1 nitrogen and oxygen atoms in total. The third kappa shape index (κ3) is 2.54. The van der Waals surface area contributed by atoms with Gasteiger partial charge in [0.15, 0.2) is 0 Å². The van der Waals surface area contributed by atoms with Crippen LogP contribution >= 0.6 is 27.7 Å². The van der Waals surface area contributed by atoms with Crippen molar-refractivity contribution in [3.05, 3.63) is 72.3 Å². The lowest BCUT2D eigenvalue weighted by Crippen LogP contribution is -3.00. The topological polar surface area (TPSA) is 3.88 Å². The molecule has 21 heavy (non-hydrogen) atoms. The van der Waals surface area contributed by atoms with Crippen molar-refractivity contribution in [1.82, 2.24) is 0 Å². The third-order valence-electron chi connectivity index (χ3n) is 3.74. The van der Waals surface area contributed by atoms with Gasteiger partial charge in [-0.25, -0.2) is 0 Å². The highest BCUT2D eigenvalue weighted by molar-refractivity contribution is 9.11. The Hall–Kier alpha value is -0.840. The van der Waals surface area contributed by atoms with E-state index < -0.39 is 0 Å². The van der Waals surface area contributed by atoms with E-state index >= 15 is 0 Å². The first kappa shape index (κ1) is 15.1. The molecule has 0 radical (unpaired) electrons. The summed E-state index contributed by atoms with van der Waals surface area (Å²) >= 11 is 5.74. The van der Waals surface area contributed by atoms with E-state index in [0.717, 1.165) is 0 Å². The predicted octanol–water partition coefficient (Wildman–Crippen LogP) is 1.55. The minimum Gasteiger partial charge on any atom is -1.00 e. The number of fused-ring (bicyclic) bond motifs is 3. The van der Waals surface area contributed by atoms with Crippen LogP contribution in [0.2, 0.25) is 0 Å². The highest BCUT2D eigenvalue weighted by Crippen LogP contribution is 2.42. The van der Waals surface area contributed by atoms with Crippen LogP contribution in [0.4, 0.5) is 0 Å². The summed E-state index contributed by atoms with van der Waals surface area (Å²) < 4.78 is 2.82. The second-order valence-electron chi connectivity index (χ2n) is 4.92. The van der Waals surface area contributed by atoms with Crippen molar-refractivity contribution in [3.8, 4) is 0 Å². The van der Waals surface area contributed by atoms with E-state index in [2.05, 4.69) is 87.2 Å². The zero-order chi connectivity index (χ0) is 13.5. The average Bonchev–Trinajstić information content (AvgIpc) is 2.84. The predicted molar refractivity (Wildman–Crippen MR) is 87.3 cm³/mol. The van der Waals surface area contributed by atoms with Gasteiger partial charge in [-0.1, -0.05) is 58.4 Å². The molecule has 2 aromatic carbocycles. The number of thioether (sulfide) groups is 1. The molecule has 3 aromatic rings. The molecule has 4 heteroatoms. The molecule has 2 atom stereocenters. The van der Waals surface area contributed by atoms with Crippen LogP contribution in [0.15, 0.2) is 71.8 Å². The summed E-state index contributed by atoms with van der Waals surface area (Å²) in [7, 11) is 0. The SMILES string of the molecule is BrC1Sc2ccc3ccccc3[n+]2C1c1ccccc1.[Br-]. The fraction of sp³-hybridized carbons (Fsp3) is 0.118. The molecule has 1 aromatic heterocycles. The Morgan fingerprint density at radius 3 is 2.38 bits per heavy atom. The van der Waals surface area contributed by atoms with Crippen LogP contribution in [0.5, 0.6) is 0 Å². The van der Waals surface area contributed by atoms with Gasteiger partial charge in [0, 0.05) is 23.1 Å². The van der Waals surface area contributed by atoms with Gasteiger partial charge in [0.2, 0.25) is 16.6 Å². The van der Waals surface area contributed by atoms with Crippen LogP contribution in [0.25, 0.3) is 10.9 Å². The molecule has 0 saturated heterocycles. The molecular formula is C17H13Br2NS. The van der Waals surface area contributed by atoms with Gasteiger partial charge in [-0.05, 0) is 23.9 Å². The molecule has 0 fully saturated rings. The first-order valence-electron chi connectivity index (χ1n) is 6.63. The number of halogens is 2. The van der Waals surface area contributed by atoms with Gasteiger partial charge in [-0.3, -0.25) is 0 Å². The minimum atomic E-state index is 0. The van der Waals surface area contributed by atoms with Crippen molar-refractivity contribution in [2.24, 2.45) is 0 Å². The summed E-state index contributed by atoms with van der Waals surface area (Å²) in [6.07, 6.45) is 0. The fourth-order valence-electron chi connectivity index (χ4n) is 2.84. The maximum absolute atomic E-state index is 3.85. The summed E-state index contributed by atoms with van der Waals surface area (Å²) in [6.45, 7) is 0. The number of aromatic nitrogens is 1. The van der Waals surface area contributed by atoms with Gasteiger partial charge >= 0.3 is 0 Å². The fourth-order valence-corrected chi connectivity index (χ4v) is 5.07. The maximum atomic E-state index is 3.85. The Balaban J connectivity index is 0.00000132. The zero-order valence-corrected chi connectivity index (χ0v) is 15.1. The van der Waals surface area contributed by atoms with Gasteiger partial charge in [-0.2, -0.15) is 4.57 Å². The van der Waals surface area contributed by atoms with E-state index in [1.54, 1.807) is 0 Å². The Morgan fingerprint density at radius 1 is 0.857 bits per heavy atom. The number of alkyl halides is 1. The van der Waals surface area contributed by atoms with Gasteiger partial charge < -0.3 is 17.0 Å². The lowest BCUT2D eigenvalue weighted by molar-refractivity contribution is -0.715. The lowest BCUT2D eigenvalue weighted by atomic mass is 10.1. The van der Waals surface area contributed by atoms with Gasteiger partial charge in [-0.15, -0.1) is 0 Å². The number of hydrogen-bond acceptors (Lipinski definition) is 1. The molecule has 1 aliphatic rings. The summed E-state index contributed by atoms with van der Waals surface area (Å²) in [6, 6.07) is 24.1. The average molecular weight is 423 g/mol. The molecule has 106 valence electrons. The van der Waals surface area contributed by atoms with Crippen molar-refractivity contribution < 1.29 is 21.5 Å². The minimum absolute atomic E-state index is 0. The summed E-state index contributed by atoms with van der Waals surface area (Å²) in [4.78, 5) is 0. The Kier molecular flexibility index (Phi) is 4.38. The van der Waals surface area contributed by atoms with Crippen LogP contribution in [0, 0.1) is 0 Å². The molecule has 0 bridgehead atoms. The highest BCUT2D eigenvalue weighted by Gasteiger charge is 2.41. The Bertz CT molecular complexity index is 776. The van der Waals surface area contributed by atoms with Crippen LogP contribution in [-0.2, 0) is 0 Å². The number of para-hydroxylation sites is 1. The van der Waals surface area contributed by atoms with E-state index in [4.69, 9.17) is 0 Å². The number of benzene rings is 2. The molecule has 4 rings (SSSR count). The van der Waals surface area contributed by atoms with Crippen molar-refractivity contribution in [1.29, 1.82) is 0 Å². The Morgan fingerprint density at radius 2 is 1.57 bits per heavy atom. The molecule has 1 aliphatic heterocycles. The first-order valence-corrected chi connectivity index (χ1v) is 8.43. The van der Waals surface area contributed by atoms with Crippen LogP contribution in [0.1, 0.15) is 11.6 Å². The normalized spacial score (nSPS) is 20.0. The highest BCUT2D eigenvalue weighted by atomic mass is 79.9. The van der Waals surface area contributed by atoms with Gasteiger partial charge in [0.1, 0.15) is 4.16 Å². The van der Waals surface area contributed by atoms with Crippen LogP contribution < -0.4 is 21.5 Å². The second-order valence-corrected chi connectivity index (χ2v) is 7.68. The second kappa shape index (κ2) is 6.11.